The number of hydrogen-bond donors (Lipinski definition) is 1. The molecular weight excluding hydrogens is 389 g/mol. The van der Waals surface area contributed by atoms with E-state index in [0.717, 1.165) is 12.8 Å². The van der Waals surface area contributed by atoms with Crippen molar-refractivity contribution < 1.29 is 28.2 Å². The molecule has 0 radical (unpaired) electrons. The highest BCUT2D eigenvalue weighted by atomic mass is 19.1. The van der Waals surface area contributed by atoms with Gasteiger partial charge in [-0.25, -0.2) is 9.18 Å². The van der Waals surface area contributed by atoms with Crippen LogP contribution in [-0.2, 0) is 14.3 Å². The van der Waals surface area contributed by atoms with Crippen LogP contribution in [0.2, 0.25) is 0 Å². The van der Waals surface area contributed by atoms with Crippen molar-refractivity contribution in [2.75, 3.05) is 25.1 Å². The van der Waals surface area contributed by atoms with E-state index in [2.05, 4.69) is 12.2 Å². The minimum atomic E-state index is -0.695. The van der Waals surface area contributed by atoms with Crippen LogP contribution in [0.3, 0.4) is 0 Å². The molecule has 2 aromatic rings. The highest BCUT2D eigenvalue weighted by Crippen LogP contribution is 2.29. The molecule has 0 bridgehead atoms. The molecule has 1 N–H and O–H groups in total. The molecule has 0 saturated heterocycles. The fourth-order valence-electron chi connectivity index (χ4n) is 2.44. The molecule has 0 atom stereocenters. The number of amides is 1. The third-order valence-corrected chi connectivity index (χ3v) is 3.93. The van der Waals surface area contributed by atoms with Gasteiger partial charge in [0.05, 0.1) is 18.9 Å². The molecule has 160 valence electrons. The number of carbonyl (C=O) groups is 2. The molecule has 2 aromatic carbocycles. The summed E-state index contributed by atoms with van der Waals surface area (Å²) in [7, 11) is 0. The van der Waals surface area contributed by atoms with E-state index in [4.69, 9.17) is 14.2 Å². The van der Waals surface area contributed by atoms with Gasteiger partial charge in [0.25, 0.3) is 5.91 Å². The third kappa shape index (κ3) is 7.58. The van der Waals surface area contributed by atoms with Crippen LogP contribution >= 0.6 is 0 Å². The second-order valence-corrected chi connectivity index (χ2v) is 6.31. The monoisotopic (exact) mass is 415 g/mol. The first-order valence-electron chi connectivity index (χ1n) is 9.82. The lowest BCUT2D eigenvalue weighted by Crippen LogP contribution is -2.20. The van der Waals surface area contributed by atoms with E-state index >= 15 is 0 Å². The molecule has 0 aromatic heterocycles. The van der Waals surface area contributed by atoms with Gasteiger partial charge in [-0.2, -0.15) is 0 Å². The first kappa shape index (κ1) is 22.9. The lowest BCUT2D eigenvalue weighted by atomic mass is 10.2. The quantitative estimate of drug-likeness (QED) is 0.330. The number of halogens is 1. The summed E-state index contributed by atoms with van der Waals surface area (Å²) in [5.74, 6) is -0.651. The molecule has 0 aliphatic rings. The zero-order valence-corrected chi connectivity index (χ0v) is 17.2. The van der Waals surface area contributed by atoms with E-state index in [-0.39, 0.29) is 5.69 Å². The van der Waals surface area contributed by atoms with Crippen LogP contribution in [0, 0.1) is 5.82 Å². The van der Waals surface area contributed by atoms with Gasteiger partial charge in [-0.1, -0.05) is 31.5 Å². The SMILES string of the molecule is CCCCOc1ccc(/C=C/C(=O)OCC(=O)Nc2ccccc2F)cc1OCC. The van der Waals surface area contributed by atoms with Crippen LogP contribution in [0.1, 0.15) is 32.3 Å². The molecule has 0 unspecified atom stereocenters. The largest absolute Gasteiger partial charge is 0.490 e. The summed E-state index contributed by atoms with van der Waals surface area (Å²) in [5, 5.41) is 2.34. The van der Waals surface area contributed by atoms with Crippen LogP contribution in [0.4, 0.5) is 10.1 Å². The number of benzene rings is 2. The maximum absolute atomic E-state index is 13.5. The van der Waals surface area contributed by atoms with Gasteiger partial charge in [-0.05, 0) is 49.2 Å². The van der Waals surface area contributed by atoms with E-state index in [0.29, 0.717) is 30.3 Å². The number of ether oxygens (including phenoxy) is 3. The van der Waals surface area contributed by atoms with Crippen molar-refractivity contribution in [3.05, 3.63) is 59.9 Å². The molecule has 0 heterocycles. The number of unbranched alkanes of at least 4 members (excludes halogenated alkanes) is 1. The predicted octanol–water partition coefficient (Wildman–Crippen LogP) is 4.60. The molecule has 0 spiro atoms. The highest BCUT2D eigenvalue weighted by Gasteiger charge is 2.09. The average molecular weight is 415 g/mol. The average Bonchev–Trinajstić information content (AvgIpc) is 2.74. The summed E-state index contributed by atoms with van der Waals surface area (Å²) in [5.41, 5.74) is 0.743. The van der Waals surface area contributed by atoms with E-state index in [1.54, 1.807) is 30.3 Å². The van der Waals surface area contributed by atoms with Gasteiger partial charge in [-0.3, -0.25) is 4.79 Å². The third-order valence-electron chi connectivity index (χ3n) is 3.93. The Bertz CT molecular complexity index is 882. The van der Waals surface area contributed by atoms with Crippen molar-refractivity contribution in [1.29, 1.82) is 0 Å². The fourth-order valence-corrected chi connectivity index (χ4v) is 2.44. The van der Waals surface area contributed by atoms with Crippen LogP contribution in [0.15, 0.2) is 48.5 Å². The second kappa shape index (κ2) is 12.3. The van der Waals surface area contributed by atoms with E-state index in [1.165, 1.54) is 24.3 Å². The van der Waals surface area contributed by atoms with E-state index in [1.807, 2.05) is 6.92 Å². The molecular formula is C23H26FNO5. The Morgan fingerprint density at radius 1 is 1.07 bits per heavy atom. The number of anilines is 1. The van der Waals surface area contributed by atoms with E-state index < -0.39 is 24.3 Å². The number of esters is 1. The topological polar surface area (TPSA) is 73.9 Å². The molecule has 0 aliphatic heterocycles. The van der Waals surface area contributed by atoms with Crippen molar-refractivity contribution >= 4 is 23.6 Å². The summed E-state index contributed by atoms with van der Waals surface area (Å²) in [6, 6.07) is 11.1. The van der Waals surface area contributed by atoms with Gasteiger partial charge in [0, 0.05) is 6.08 Å². The lowest BCUT2D eigenvalue weighted by Gasteiger charge is -2.12. The zero-order valence-electron chi connectivity index (χ0n) is 17.2. The van der Waals surface area contributed by atoms with Crippen LogP contribution in [0.25, 0.3) is 6.08 Å². The van der Waals surface area contributed by atoms with Gasteiger partial charge in [0.15, 0.2) is 18.1 Å². The first-order chi connectivity index (χ1) is 14.5. The molecule has 6 nitrogen and oxygen atoms in total. The van der Waals surface area contributed by atoms with Gasteiger partial charge in [0.1, 0.15) is 5.82 Å². The minimum Gasteiger partial charge on any atom is -0.490 e. The van der Waals surface area contributed by atoms with Crippen LogP contribution in [-0.4, -0.2) is 31.7 Å². The minimum absolute atomic E-state index is 0.0267. The van der Waals surface area contributed by atoms with Crippen molar-refractivity contribution in [3.8, 4) is 11.5 Å². The Balaban J connectivity index is 1.89. The van der Waals surface area contributed by atoms with Gasteiger partial charge in [0.2, 0.25) is 0 Å². The molecule has 30 heavy (non-hydrogen) atoms. The van der Waals surface area contributed by atoms with Crippen LogP contribution < -0.4 is 14.8 Å². The fraction of sp³-hybridized carbons (Fsp3) is 0.304. The van der Waals surface area contributed by atoms with Crippen LogP contribution in [0.5, 0.6) is 11.5 Å². The van der Waals surface area contributed by atoms with Crippen molar-refractivity contribution in [2.45, 2.75) is 26.7 Å². The Hall–Kier alpha value is -3.35. The Kier molecular flexibility index (Phi) is 9.37. The molecule has 1 amide bonds. The molecule has 2 rings (SSSR count). The summed E-state index contributed by atoms with van der Waals surface area (Å²) in [6.07, 6.45) is 4.74. The maximum atomic E-state index is 13.5. The molecule has 7 heteroatoms. The van der Waals surface area contributed by atoms with Gasteiger partial charge in [-0.15, -0.1) is 0 Å². The predicted molar refractivity (Wildman–Crippen MR) is 113 cm³/mol. The Morgan fingerprint density at radius 2 is 1.87 bits per heavy atom. The second-order valence-electron chi connectivity index (χ2n) is 6.31. The Labute approximate surface area is 175 Å². The summed E-state index contributed by atoms with van der Waals surface area (Å²) in [4.78, 5) is 23.7. The number of hydrogen-bond acceptors (Lipinski definition) is 5. The van der Waals surface area contributed by atoms with Crippen molar-refractivity contribution in [1.82, 2.24) is 0 Å². The maximum Gasteiger partial charge on any atom is 0.331 e. The smallest absolute Gasteiger partial charge is 0.331 e. The normalized spacial score (nSPS) is 10.6. The standard InChI is InChI=1S/C23H26FNO5/c1-3-5-14-29-20-12-10-17(15-21(20)28-4-2)11-13-23(27)30-16-22(26)25-19-9-7-6-8-18(19)24/h6-13,15H,3-5,14,16H2,1-2H3,(H,25,26)/b13-11+. The lowest BCUT2D eigenvalue weighted by molar-refractivity contribution is -0.142. The molecule has 0 saturated carbocycles. The first-order valence-corrected chi connectivity index (χ1v) is 9.82. The zero-order chi connectivity index (χ0) is 21.8. The number of para-hydroxylation sites is 1. The number of nitrogens with one attached hydrogen (secondary N) is 1. The van der Waals surface area contributed by atoms with Gasteiger partial charge < -0.3 is 19.5 Å². The Morgan fingerprint density at radius 3 is 2.60 bits per heavy atom. The van der Waals surface area contributed by atoms with Crippen molar-refractivity contribution in [3.63, 3.8) is 0 Å². The van der Waals surface area contributed by atoms with Crippen molar-refractivity contribution in [2.24, 2.45) is 0 Å². The summed E-state index contributed by atoms with van der Waals surface area (Å²) in [6.45, 7) is 4.53. The summed E-state index contributed by atoms with van der Waals surface area (Å²) < 4.78 is 29.7. The highest BCUT2D eigenvalue weighted by molar-refractivity contribution is 5.94. The molecule has 0 aliphatic carbocycles. The number of rotatable bonds is 11. The van der Waals surface area contributed by atoms with Gasteiger partial charge >= 0.3 is 5.97 Å². The molecule has 0 fully saturated rings. The van der Waals surface area contributed by atoms with E-state index in [9.17, 15) is 14.0 Å². The summed E-state index contributed by atoms with van der Waals surface area (Å²) >= 11 is 0. The number of carbonyl (C=O) groups excluding carboxylic acids is 2.